The van der Waals surface area contributed by atoms with Crippen LogP contribution < -0.4 is 0 Å². The van der Waals surface area contributed by atoms with Gasteiger partial charge in [-0.1, -0.05) is 22.0 Å². The van der Waals surface area contributed by atoms with Crippen LogP contribution >= 0.6 is 15.9 Å². The highest BCUT2D eigenvalue weighted by Crippen LogP contribution is 2.21. The number of halogens is 2. The number of rotatable bonds is 2. The van der Waals surface area contributed by atoms with Crippen molar-refractivity contribution in [1.82, 2.24) is 9.80 Å². The zero-order valence-electron chi connectivity index (χ0n) is 15.0. The van der Waals surface area contributed by atoms with E-state index in [9.17, 15) is 14.0 Å². The van der Waals surface area contributed by atoms with E-state index in [0.717, 1.165) is 5.56 Å². The van der Waals surface area contributed by atoms with Gasteiger partial charge in [0.15, 0.2) is 0 Å². The number of ether oxygens (including phenoxy) is 1. The van der Waals surface area contributed by atoms with Crippen LogP contribution in [0.3, 0.4) is 0 Å². The highest BCUT2D eigenvalue weighted by atomic mass is 79.9. The summed E-state index contributed by atoms with van der Waals surface area (Å²) < 4.78 is 19.1. The number of hydrogen-bond acceptors (Lipinski definition) is 3. The molecule has 1 atom stereocenters. The van der Waals surface area contributed by atoms with Crippen LogP contribution in [0.15, 0.2) is 22.7 Å². The molecule has 1 heterocycles. The lowest BCUT2D eigenvalue weighted by atomic mass is 10.1. The molecule has 1 aromatic carbocycles. The molecule has 1 aliphatic rings. The lowest BCUT2D eigenvalue weighted by Crippen LogP contribution is -2.56. The Morgan fingerprint density at radius 2 is 2.00 bits per heavy atom. The first-order chi connectivity index (χ1) is 11.6. The van der Waals surface area contributed by atoms with Gasteiger partial charge < -0.3 is 14.5 Å². The molecule has 25 heavy (non-hydrogen) atoms. The molecule has 0 saturated carbocycles. The summed E-state index contributed by atoms with van der Waals surface area (Å²) in [7, 11) is 0. The van der Waals surface area contributed by atoms with Crippen molar-refractivity contribution in [3.05, 3.63) is 34.1 Å². The van der Waals surface area contributed by atoms with Gasteiger partial charge in [-0.3, -0.25) is 4.79 Å². The first kappa shape index (κ1) is 19.7. The fourth-order valence-electron chi connectivity index (χ4n) is 2.72. The number of piperazine rings is 1. The largest absolute Gasteiger partial charge is 0.444 e. The van der Waals surface area contributed by atoms with Crippen LogP contribution in [-0.2, 0) is 16.0 Å². The van der Waals surface area contributed by atoms with Crippen molar-refractivity contribution in [2.45, 2.75) is 45.8 Å². The van der Waals surface area contributed by atoms with Crippen molar-refractivity contribution in [2.75, 3.05) is 19.6 Å². The van der Waals surface area contributed by atoms with Gasteiger partial charge in [-0.15, -0.1) is 0 Å². The van der Waals surface area contributed by atoms with E-state index < -0.39 is 5.60 Å². The topological polar surface area (TPSA) is 49.9 Å². The van der Waals surface area contributed by atoms with Crippen LogP contribution in [0, 0.1) is 5.82 Å². The minimum atomic E-state index is -0.543. The predicted octanol–water partition coefficient (Wildman–Crippen LogP) is 3.60. The van der Waals surface area contributed by atoms with Crippen LogP contribution in [0.5, 0.6) is 0 Å². The van der Waals surface area contributed by atoms with Crippen LogP contribution in [0.2, 0.25) is 0 Å². The molecule has 0 spiro atoms. The Morgan fingerprint density at radius 3 is 2.56 bits per heavy atom. The van der Waals surface area contributed by atoms with Crippen LogP contribution in [0.1, 0.15) is 33.3 Å². The number of carbonyl (C=O) groups excluding carboxylic acids is 2. The Labute approximate surface area is 156 Å². The summed E-state index contributed by atoms with van der Waals surface area (Å²) in [5.74, 6) is -0.384. The smallest absolute Gasteiger partial charge is 0.410 e. The highest BCUT2D eigenvalue weighted by molar-refractivity contribution is 9.10. The fourth-order valence-corrected chi connectivity index (χ4v) is 3.21. The molecule has 0 aliphatic carbocycles. The van der Waals surface area contributed by atoms with E-state index in [-0.39, 0.29) is 30.3 Å². The summed E-state index contributed by atoms with van der Waals surface area (Å²) >= 11 is 3.29. The molecule has 0 aromatic heterocycles. The molecule has 138 valence electrons. The molecule has 2 rings (SSSR count). The molecule has 2 amide bonds. The Balaban J connectivity index is 1.95. The second kappa shape index (κ2) is 7.72. The number of nitrogens with zero attached hydrogens (tertiary/aromatic N) is 2. The van der Waals surface area contributed by atoms with Gasteiger partial charge in [0.2, 0.25) is 5.91 Å². The van der Waals surface area contributed by atoms with Gasteiger partial charge in [0.1, 0.15) is 11.4 Å². The summed E-state index contributed by atoms with van der Waals surface area (Å²) in [6.07, 6.45) is -0.159. The van der Waals surface area contributed by atoms with E-state index in [1.54, 1.807) is 15.9 Å². The van der Waals surface area contributed by atoms with Crippen molar-refractivity contribution < 1.29 is 18.7 Å². The molecule has 1 aromatic rings. The maximum absolute atomic E-state index is 13.2. The second-order valence-electron chi connectivity index (χ2n) is 7.28. The molecule has 0 radical (unpaired) electrons. The maximum atomic E-state index is 13.2. The van der Waals surface area contributed by atoms with E-state index in [1.807, 2.05) is 27.7 Å². The van der Waals surface area contributed by atoms with Gasteiger partial charge in [-0.25, -0.2) is 9.18 Å². The third kappa shape index (κ3) is 5.42. The first-order valence-corrected chi connectivity index (χ1v) is 9.07. The van der Waals surface area contributed by atoms with Crippen LogP contribution in [0.25, 0.3) is 0 Å². The van der Waals surface area contributed by atoms with Crippen molar-refractivity contribution in [2.24, 2.45) is 0 Å². The average molecular weight is 415 g/mol. The minimum Gasteiger partial charge on any atom is -0.444 e. The third-order valence-electron chi connectivity index (χ3n) is 3.96. The molecule has 7 heteroatoms. The zero-order valence-corrected chi connectivity index (χ0v) is 16.6. The number of amides is 2. The first-order valence-electron chi connectivity index (χ1n) is 8.28. The van der Waals surface area contributed by atoms with Crippen molar-refractivity contribution in [3.8, 4) is 0 Å². The molecular formula is C18H24BrFN2O3. The molecule has 1 aliphatic heterocycles. The minimum absolute atomic E-state index is 0.0389. The van der Waals surface area contributed by atoms with Gasteiger partial charge in [0.05, 0.1) is 6.42 Å². The normalized spacial score (nSPS) is 18.2. The summed E-state index contributed by atoms with van der Waals surface area (Å²) in [6, 6.07) is 4.18. The van der Waals surface area contributed by atoms with Crippen molar-refractivity contribution in [1.29, 1.82) is 0 Å². The Morgan fingerprint density at radius 1 is 1.32 bits per heavy atom. The lowest BCUT2D eigenvalue weighted by Gasteiger charge is -2.40. The van der Waals surface area contributed by atoms with E-state index >= 15 is 0 Å². The summed E-state index contributed by atoms with van der Waals surface area (Å²) in [5, 5.41) is 0. The average Bonchev–Trinajstić information content (AvgIpc) is 2.48. The maximum Gasteiger partial charge on any atom is 0.410 e. The second-order valence-corrected chi connectivity index (χ2v) is 8.13. The van der Waals surface area contributed by atoms with E-state index in [2.05, 4.69) is 15.9 Å². The number of benzene rings is 1. The quantitative estimate of drug-likeness (QED) is 0.742. The zero-order chi connectivity index (χ0) is 18.8. The summed E-state index contributed by atoms with van der Waals surface area (Å²) in [5.41, 5.74) is 0.201. The molecular weight excluding hydrogens is 391 g/mol. The Kier molecular flexibility index (Phi) is 6.08. The van der Waals surface area contributed by atoms with Crippen molar-refractivity contribution in [3.63, 3.8) is 0 Å². The third-order valence-corrected chi connectivity index (χ3v) is 4.70. The van der Waals surface area contributed by atoms with E-state index in [0.29, 0.717) is 24.1 Å². The molecule has 0 bridgehead atoms. The lowest BCUT2D eigenvalue weighted by molar-refractivity contribution is -0.133. The Hall–Kier alpha value is -1.63. The number of carbonyl (C=O) groups is 2. The standard InChI is InChI=1S/C18H24BrFN2O3/c1-12-11-21(7-8-22(12)17(24)25-18(2,3)4)16(23)9-13-5-6-14(20)10-15(13)19/h5-6,10,12H,7-9,11H2,1-4H3. The van der Waals surface area contributed by atoms with Crippen LogP contribution in [-0.4, -0.2) is 53.1 Å². The highest BCUT2D eigenvalue weighted by Gasteiger charge is 2.32. The molecule has 5 nitrogen and oxygen atoms in total. The van der Waals surface area contributed by atoms with Gasteiger partial charge >= 0.3 is 6.09 Å². The van der Waals surface area contributed by atoms with E-state index in [1.165, 1.54) is 12.1 Å². The van der Waals surface area contributed by atoms with Gasteiger partial charge in [-0.05, 0) is 45.4 Å². The van der Waals surface area contributed by atoms with Gasteiger partial charge in [0.25, 0.3) is 0 Å². The molecule has 1 fully saturated rings. The van der Waals surface area contributed by atoms with Gasteiger partial charge in [-0.2, -0.15) is 0 Å². The number of hydrogen-bond donors (Lipinski definition) is 0. The Bertz CT molecular complexity index is 660. The van der Waals surface area contributed by atoms with Crippen molar-refractivity contribution >= 4 is 27.9 Å². The SMILES string of the molecule is CC1CN(C(=O)Cc2ccc(F)cc2Br)CCN1C(=O)OC(C)(C)C. The fraction of sp³-hybridized carbons (Fsp3) is 0.556. The summed E-state index contributed by atoms with van der Waals surface area (Å²) in [4.78, 5) is 28.2. The van der Waals surface area contributed by atoms with Gasteiger partial charge in [0, 0.05) is 30.1 Å². The predicted molar refractivity (Wildman–Crippen MR) is 96.8 cm³/mol. The van der Waals surface area contributed by atoms with E-state index in [4.69, 9.17) is 4.74 Å². The van der Waals surface area contributed by atoms with Crippen LogP contribution in [0.4, 0.5) is 9.18 Å². The summed E-state index contributed by atoms with van der Waals surface area (Å²) in [6.45, 7) is 8.74. The monoisotopic (exact) mass is 414 g/mol. The molecule has 1 unspecified atom stereocenters. The molecule has 1 saturated heterocycles. The molecule has 0 N–H and O–H groups in total.